The summed E-state index contributed by atoms with van der Waals surface area (Å²) in [5.41, 5.74) is 5.40. The third kappa shape index (κ3) is 3.91. The molecule has 156 valence electrons. The summed E-state index contributed by atoms with van der Waals surface area (Å²) in [7, 11) is 0. The van der Waals surface area contributed by atoms with Gasteiger partial charge in [-0.1, -0.05) is 61.0 Å². The van der Waals surface area contributed by atoms with Gasteiger partial charge in [0.05, 0.1) is 5.57 Å². The van der Waals surface area contributed by atoms with Gasteiger partial charge in [-0.25, -0.2) is 0 Å². The van der Waals surface area contributed by atoms with Crippen LogP contribution in [0.5, 0.6) is 0 Å². The SMILES string of the molecule is Cc1ccc(C2=C(N3CCCC(C)C3)C(=O)N(CCc3ccccc3)C2=O)c(C)c1. The zero-order chi connectivity index (χ0) is 21.3. The van der Waals surface area contributed by atoms with Crippen LogP contribution in [0.4, 0.5) is 0 Å². The van der Waals surface area contributed by atoms with E-state index < -0.39 is 0 Å². The Hall–Kier alpha value is -2.88. The Balaban J connectivity index is 1.70. The highest BCUT2D eigenvalue weighted by Crippen LogP contribution is 2.35. The van der Waals surface area contributed by atoms with Crippen LogP contribution in [0.15, 0.2) is 54.2 Å². The van der Waals surface area contributed by atoms with Crippen molar-refractivity contribution < 1.29 is 9.59 Å². The number of likely N-dealkylation sites (tertiary alicyclic amines) is 1. The molecule has 0 N–H and O–H groups in total. The van der Waals surface area contributed by atoms with Gasteiger partial charge in [0.2, 0.25) is 0 Å². The quantitative estimate of drug-likeness (QED) is 0.698. The first-order valence-corrected chi connectivity index (χ1v) is 10.9. The summed E-state index contributed by atoms with van der Waals surface area (Å²) in [6.45, 7) is 8.36. The molecule has 1 atom stereocenters. The lowest BCUT2D eigenvalue weighted by atomic mass is 9.95. The molecule has 4 rings (SSSR count). The van der Waals surface area contributed by atoms with E-state index >= 15 is 0 Å². The van der Waals surface area contributed by atoms with E-state index in [1.165, 1.54) is 11.3 Å². The van der Waals surface area contributed by atoms with Gasteiger partial charge in [0.15, 0.2) is 0 Å². The minimum Gasteiger partial charge on any atom is -0.366 e. The summed E-state index contributed by atoms with van der Waals surface area (Å²) in [4.78, 5) is 30.7. The molecule has 2 aliphatic heterocycles. The van der Waals surface area contributed by atoms with Gasteiger partial charge in [-0.15, -0.1) is 0 Å². The van der Waals surface area contributed by atoms with Crippen LogP contribution < -0.4 is 0 Å². The van der Waals surface area contributed by atoms with E-state index in [9.17, 15) is 9.59 Å². The lowest BCUT2D eigenvalue weighted by Gasteiger charge is -2.33. The fourth-order valence-corrected chi connectivity index (χ4v) is 4.67. The molecular weight excluding hydrogens is 372 g/mol. The van der Waals surface area contributed by atoms with Crippen LogP contribution in [0.1, 0.15) is 42.0 Å². The Morgan fingerprint density at radius 1 is 1.00 bits per heavy atom. The van der Waals surface area contributed by atoms with Crippen LogP contribution in [-0.4, -0.2) is 41.2 Å². The molecule has 0 aliphatic carbocycles. The lowest BCUT2D eigenvalue weighted by molar-refractivity contribution is -0.137. The second-order valence-corrected chi connectivity index (χ2v) is 8.73. The first-order chi connectivity index (χ1) is 14.5. The van der Waals surface area contributed by atoms with Gasteiger partial charge >= 0.3 is 0 Å². The van der Waals surface area contributed by atoms with E-state index in [2.05, 4.69) is 17.9 Å². The zero-order valence-electron chi connectivity index (χ0n) is 18.1. The zero-order valence-corrected chi connectivity index (χ0v) is 18.1. The number of carbonyl (C=O) groups excluding carboxylic acids is 2. The van der Waals surface area contributed by atoms with E-state index in [-0.39, 0.29) is 11.8 Å². The topological polar surface area (TPSA) is 40.6 Å². The molecule has 4 nitrogen and oxygen atoms in total. The minimum atomic E-state index is -0.156. The number of hydrogen-bond donors (Lipinski definition) is 0. The van der Waals surface area contributed by atoms with Crippen molar-refractivity contribution in [1.29, 1.82) is 0 Å². The molecule has 1 unspecified atom stereocenters. The number of carbonyl (C=O) groups is 2. The van der Waals surface area contributed by atoms with Gasteiger partial charge in [-0.05, 0) is 55.7 Å². The number of aryl methyl sites for hydroxylation is 2. The molecule has 0 bridgehead atoms. The van der Waals surface area contributed by atoms with Crippen molar-refractivity contribution in [3.63, 3.8) is 0 Å². The summed E-state index contributed by atoms with van der Waals surface area (Å²) in [6, 6.07) is 16.1. The Labute approximate surface area is 179 Å². The minimum absolute atomic E-state index is 0.139. The van der Waals surface area contributed by atoms with E-state index in [1.54, 1.807) is 0 Å². The second-order valence-electron chi connectivity index (χ2n) is 8.73. The molecule has 0 radical (unpaired) electrons. The van der Waals surface area contributed by atoms with Crippen molar-refractivity contribution in [3.8, 4) is 0 Å². The van der Waals surface area contributed by atoms with Gasteiger partial charge in [-0.3, -0.25) is 14.5 Å². The molecule has 1 saturated heterocycles. The average molecular weight is 403 g/mol. The van der Waals surface area contributed by atoms with Gasteiger partial charge in [0.25, 0.3) is 11.8 Å². The summed E-state index contributed by atoms with van der Waals surface area (Å²) in [6.07, 6.45) is 2.89. The molecule has 2 aliphatic rings. The van der Waals surface area contributed by atoms with Gasteiger partial charge in [0, 0.05) is 19.6 Å². The largest absolute Gasteiger partial charge is 0.366 e. The standard InChI is InChI=1S/C26H30N2O2/c1-18-11-12-22(20(3)16-18)23-24(27-14-7-8-19(2)17-27)26(30)28(25(23)29)15-13-21-9-5-4-6-10-21/h4-6,9-12,16,19H,7-8,13-15,17H2,1-3H3. The number of nitrogens with zero attached hydrogens (tertiary/aromatic N) is 2. The molecule has 2 aromatic rings. The van der Waals surface area contributed by atoms with Crippen molar-refractivity contribution in [2.75, 3.05) is 19.6 Å². The number of imide groups is 1. The van der Waals surface area contributed by atoms with Crippen molar-refractivity contribution in [2.45, 2.75) is 40.0 Å². The van der Waals surface area contributed by atoms with E-state index in [0.29, 0.717) is 30.2 Å². The third-order valence-electron chi connectivity index (χ3n) is 6.23. The van der Waals surface area contributed by atoms with Crippen molar-refractivity contribution >= 4 is 17.4 Å². The Bertz CT molecular complexity index is 993. The van der Waals surface area contributed by atoms with Crippen LogP contribution in [-0.2, 0) is 16.0 Å². The molecule has 0 saturated carbocycles. The maximum atomic E-state index is 13.5. The molecule has 2 aromatic carbocycles. The molecule has 2 amide bonds. The van der Waals surface area contributed by atoms with E-state index in [0.717, 1.165) is 41.8 Å². The number of amides is 2. The van der Waals surface area contributed by atoms with Crippen LogP contribution in [0.3, 0.4) is 0 Å². The Morgan fingerprint density at radius 3 is 2.47 bits per heavy atom. The Kier molecular flexibility index (Phi) is 5.76. The van der Waals surface area contributed by atoms with Crippen molar-refractivity contribution in [2.24, 2.45) is 5.92 Å². The molecule has 4 heteroatoms. The molecule has 30 heavy (non-hydrogen) atoms. The summed E-state index contributed by atoms with van der Waals surface area (Å²) in [5.74, 6) is 0.226. The molecule has 1 fully saturated rings. The second kappa shape index (κ2) is 8.47. The maximum Gasteiger partial charge on any atom is 0.277 e. The molecule has 0 spiro atoms. The molecule has 0 aromatic heterocycles. The smallest absolute Gasteiger partial charge is 0.277 e. The van der Waals surface area contributed by atoms with Crippen LogP contribution in [0.25, 0.3) is 5.57 Å². The average Bonchev–Trinajstić information content (AvgIpc) is 2.97. The van der Waals surface area contributed by atoms with Gasteiger partial charge in [-0.2, -0.15) is 0 Å². The van der Waals surface area contributed by atoms with Crippen molar-refractivity contribution in [1.82, 2.24) is 9.80 Å². The lowest BCUT2D eigenvalue weighted by Crippen LogP contribution is -2.39. The number of benzene rings is 2. The Morgan fingerprint density at radius 2 is 1.77 bits per heavy atom. The fourth-order valence-electron chi connectivity index (χ4n) is 4.67. The van der Waals surface area contributed by atoms with E-state index in [1.807, 2.05) is 56.3 Å². The number of piperidine rings is 1. The summed E-state index contributed by atoms with van der Waals surface area (Å²) in [5, 5.41) is 0. The summed E-state index contributed by atoms with van der Waals surface area (Å²) >= 11 is 0. The predicted octanol–water partition coefficient (Wildman–Crippen LogP) is 4.36. The third-order valence-corrected chi connectivity index (χ3v) is 6.23. The number of rotatable bonds is 5. The monoisotopic (exact) mass is 402 g/mol. The first kappa shape index (κ1) is 20.4. The molecule has 2 heterocycles. The fraction of sp³-hybridized carbons (Fsp3) is 0.385. The normalized spacial score (nSPS) is 19.8. The number of hydrogen-bond acceptors (Lipinski definition) is 3. The highest BCUT2D eigenvalue weighted by molar-refractivity contribution is 6.35. The predicted molar refractivity (Wildman–Crippen MR) is 120 cm³/mol. The molecular formula is C26H30N2O2. The van der Waals surface area contributed by atoms with Gasteiger partial charge in [0.1, 0.15) is 5.70 Å². The van der Waals surface area contributed by atoms with Crippen molar-refractivity contribution in [3.05, 3.63) is 76.5 Å². The van der Waals surface area contributed by atoms with Gasteiger partial charge < -0.3 is 4.90 Å². The summed E-state index contributed by atoms with van der Waals surface area (Å²) < 4.78 is 0. The highest BCUT2D eigenvalue weighted by Gasteiger charge is 2.42. The van der Waals surface area contributed by atoms with Crippen LogP contribution >= 0.6 is 0 Å². The highest BCUT2D eigenvalue weighted by atomic mass is 16.2. The van der Waals surface area contributed by atoms with Crippen LogP contribution in [0.2, 0.25) is 0 Å². The maximum absolute atomic E-state index is 13.5. The van der Waals surface area contributed by atoms with Crippen LogP contribution in [0, 0.1) is 19.8 Å². The van der Waals surface area contributed by atoms with E-state index in [4.69, 9.17) is 0 Å². The first-order valence-electron chi connectivity index (χ1n) is 10.9.